The zero-order chi connectivity index (χ0) is 10.6. The zero-order valence-corrected chi connectivity index (χ0v) is 9.12. The van der Waals surface area contributed by atoms with E-state index in [0.29, 0.717) is 5.95 Å². The van der Waals surface area contributed by atoms with Gasteiger partial charge in [0.25, 0.3) is 0 Å². The Labute approximate surface area is 85.2 Å². The van der Waals surface area contributed by atoms with Gasteiger partial charge in [-0.05, 0) is 20.3 Å². The van der Waals surface area contributed by atoms with Gasteiger partial charge in [0.2, 0.25) is 5.95 Å². The monoisotopic (exact) mass is 194 g/mol. The van der Waals surface area contributed by atoms with Gasteiger partial charge in [-0.25, -0.2) is 4.98 Å². The molecule has 0 atom stereocenters. The molecule has 0 aliphatic rings. The number of hydrogen-bond acceptors (Lipinski definition) is 4. The highest BCUT2D eigenvalue weighted by atomic mass is 15.2. The van der Waals surface area contributed by atoms with E-state index >= 15 is 0 Å². The molecule has 1 rings (SSSR count). The Morgan fingerprint density at radius 1 is 1.43 bits per heavy atom. The molecule has 0 spiro atoms. The number of rotatable bonds is 4. The SMILES string of the molecule is CCCN(CC)c1nc(N)ncc1C. The molecule has 0 radical (unpaired) electrons. The summed E-state index contributed by atoms with van der Waals surface area (Å²) in [5.41, 5.74) is 6.65. The summed E-state index contributed by atoms with van der Waals surface area (Å²) in [7, 11) is 0. The molecule has 4 heteroatoms. The van der Waals surface area contributed by atoms with Gasteiger partial charge in [0.15, 0.2) is 0 Å². The third kappa shape index (κ3) is 2.34. The highest BCUT2D eigenvalue weighted by Gasteiger charge is 2.08. The fourth-order valence-electron chi connectivity index (χ4n) is 1.45. The fraction of sp³-hybridized carbons (Fsp3) is 0.600. The molecular formula is C10H18N4. The molecule has 4 nitrogen and oxygen atoms in total. The van der Waals surface area contributed by atoms with E-state index in [-0.39, 0.29) is 0 Å². The van der Waals surface area contributed by atoms with Gasteiger partial charge in [0.05, 0.1) is 0 Å². The third-order valence-corrected chi connectivity index (χ3v) is 2.14. The second-order valence-corrected chi connectivity index (χ2v) is 3.31. The molecule has 2 N–H and O–H groups in total. The number of aryl methyl sites for hydroxylation is 1. The predicted octanol–water partition coefficient (Wildman–Crippen LogP) is 1.60. The van der Waals surface area contributed by atoms with E-state index in [9.17, 15) is 0 Å². The predicted molar refractivity (Wildman–Crippen MR) is 59.4 cm³/mol. The van der Waals surface area contributed by atoms with Crippen LogP contribution in [0.2, 0.25) is 0 Å². The lowest BCUT2D eigenvalue weighted by molar-refractivity contribution is 0.773. The second kappa shape index (κ2) is 4.79. The summed E-state index contributed by atoms with van der Waals surface area (Å²) >= 11 is 0. The maximum atomic E-state index is 5.57. The van der Waals surface area contributed by atoms with Crippen LogP contribution >= 0.6 is 0 Å². The van der Waals surface area contributed by atoms with Crippen LogP contribution in [0.15, 0.2) is 6.20 Å². The minimum atomic E-state index is 0.347. The van der Waals surface area contributed by atoms with Gasteiger partial charge in [-0.1, -0.05) is 6.92 Å². The van der Waals surface area contributed by atoms with Gasteiger partial charge in [-0.15, -0.1) is 0 Å². The molecule has 78 valence electrons. The molecule has 1 aromatic heterocycles. The minimum absolute atomic E-state index is 0.347. The van der Waals surface area contributed by atoms with Crippen LogP contribution in [0.3, 0.4) is 0 Å². The first-order valence-electron chi connectivity index (χ1n) is 5.03. The molecule has 0 saturated carbocycles. The maximum Gasteiger partial charge on any atom is 0.221 e. The first kappa shape index (κ1) is 10.8. The van der Waals surface area contributed by atoms with E-state index in [1.165, 1.54) is 0 Å². The lowest BCUT2D eigenvalue weighted by atomic mass is 10.3. The van der Waals surface area contributed by atoms with E-state index < -0.39 is 0 Å². The molecular weight excluding hydrogens is 176 g/mol. The topological polar surface area (TPSA) is 55.0 Å². The lowest BCUT2D eigenvalue weighted by Crippen LogP contribution is -2.25. The summed E-state index contributed by atoms with van der Waals surface area (Å²) in [6.45, 7) is 8.24. The lowest BCUT2D eigenvalue weighted by Gasteiger charge is -2.22. The third-order valence-electron chi connectivity index (χ3n) is 2.14. The number of hydrogen-bond donors (Lipinski definition) is 1. The normalized spacial score (nSPS) is 10.2. The summed E-state index contributed by atoms with van der Waals surface area (Å²) in [4.78, 5) is 10.4. The highest BCUT2D eigenvalue weighted by molar-refractivity contribution is 5.47. The quantitative estimate of drug-likeness (QED) is 0.791. The van der Waals surface area contributed by atoms with Gasteiger partial charge in [0, 0.05) is 24.8 Å². The Kier molecular flexibility index (Phi) is 3.68. The average molecular weight is 194 g/mol. The molecule has 1 heterocycles. The van der Waals surface area contributed by atoms with Crippen LogP contribution in [0.1, 0.15) is 25.8 Å². The Bertz CT molecular complexity index is 298. The number of nitrogen functional groups attached to an aromatic ring is 1. The van der Waals surface area contributed by atoms with Crippen molar-refractivity contribution in [1.82, 2.24) is 9.97 Å². The molecule has 0 aromatic carbocycles. The van der Waals surface area contributed by atoms with Crippen LogP contribution in [-0.2, 0) is 0 Å². The minimum Gasteiger partial charge on any atom is -0.368 e. The van der Waals surface area contributed by atoms with Gasteiger partial charge in [-0.3, -0.25) is 0 Å². The van der Waals surface area contributed by atoms with E-state index in [4.69, 9.17) is 5.73 Å². The Hall–Kier alpha value is -1.32. The van der Waals surface area contributed by atoms with Crippen LogP contribution in [0.4, 0.5) is 11.8 Å². The van der Waals surface area contributed by atoms with E-state index in [1.54, 1.807) is 6.20 Å². The van der Waals surface area contributed by atoms with E-state index in [1.807, 2.05) is 6.92 Å². The van der Waals surface area contributed by atoms with Crippen molar-refractivity contribution in [2.24, 2.45) is 0 Å². The van der Waals surface area contributed by atoms with Gasteiger partial charge in [-0.2, -0.15) is 4.98 Å². The van der Waals surface area contributed by atoms with Crippen LogP contribution in [0.25, 0.3) is 0 Å². The molecule has 0 aliphatic heterocycles. The zero-order valence-electron chi connectivity index (χ0n) is 9.12. The van der Waals surface area contributed by atoms with Crippen LogP contribution in [0, 0.1) is 6.92 Å². The number of aromatic nitrogens is 2. The molecule has 0 bridgehead atoms. The Morgan fingerprint density at radius 2 is 2.14 bits per heavy atom. The molecule has 1 aromatic rings. The first-order valence-corrected chi connectivity index (χ1v) is 5.03. The van der Waals surface area contributed by atoms with Crippen molar-refractivity contribution >= 4 is 11.8 Å². The summed E-state index contributed by atoms with van der Waals surface area (Å²) in [6.07, 6.45) is 2.88. The fourth-order valence-corrected chi connectivity index (χ4v) is 1.45. The van der Waals surface area contributed by atoms with Crippen molar-refractivity contribution in [2.75, 3.05) is 23.7 Å². The second-order valence-electron chi connectivity index (χ2n) is 3.31. The molecule has 0 unspecified atom stereocenters. The van der Waals surface area contributed by atoms with Gasteiger partial charge in [0.1, 0.15) is 5.82 Å². The summed E-state index contributed by atoms with van der Waals surface area (Å²) in [5.74, 6) is 1.31. The van der Waals surface area contributed by atoms with Crippen molar-refractivity contribution in [1.29, 1.82) is 0 Å². The summed E-state index contributed by atoms with van der Waals surface area (Å²) < 4.78 is 0. The first-order chi connectivity index (χ1) is 6.69. The van der Waals surface area contributed by atoms with Gasteiger partial charge < -0.3 is 10.6 Å². The smallest absolute Gasteiger partial charge is 0.221 e. The van der Waals surface area contributed by atoms with Crippen molar-refractivity contribution in [3.63, 3.8) is 0 Å². The van der Waals surface area contributed by atoms with Crippen molar-refractivity contribution in [2.45, 2.75) is 27.2 Å². The summed E-state index contributed by atoms with van der Waals surface area (Å²) in [6, 6.07) is 0. The Morgan fingerprint density at radius 3 is 2.71 bits per heavy atom. The average Bonchev–Trinajstić information content (AvgIpc) is 2.18. The molecule has 14 heavy (non-hydrogen) atoms. The largest absolute Gasteiger partial charge is 0.368 e. The highest BCUT2D eigenvalue weighted by Crippen LogP contribution is 2.16. The van der Waals surface area contributed by atoms with Crippen LogP contribution < -0.4 is 10.6 Å². The number of nitrogens with zero attached hydrogens (tertiary/aromatic N) is 3. The van der Waals surface area contributed by atoms with E-state index in [2.05, 4.69) is 28.7 Å². The Balaban J connectivity index is 2.96. The molecule has 0 amide bonds. The molecule has 0 saturated heterocycles. The van der Waals surface area contributed by atoms with Crippen molar-refractivity contribution in [3.8, 4) is 0 Å². The van der Waals surface area contributed by atoms with Crippen LogP contribution in [0.5, 0.6) is 0 Å². The standard InChI is InChI=1S/C10H18N4/c1-4-6-14(5-2)9-8(3)7-12-10(11)13-9/h7H,4-6H2,1-3H3,(H2,11,12,13). The number of nitrogens with two attached hydrogens (primary N) is 1. The van der Waals surface area contributed by atoms with E-state index in [0.717, 1.165) is 30.9 Å². The molecule has 0 fully saturated rings. The summed E-state index contributed by atoms with van der Waals surface area (Å²) in [5, 5.41) is 0. The molecule has 0 aliphatic carbocycles. The van der Waals surface area contributed by atoms with Gasteiger partial charge >= 0.3 is 0 Å². The van der Waals surface area contributed by atoms with Crippen molar-refractivity contribution < 1.29 is 0 Å². The number of anilines is 2. The van der Waals surface area contributed by atoms with Crippen LogP contribution in [-0.4, -0.2) is 23.1 Å². The maximum absolute atomic E-state index is 5.57. The van der Waals surface area contributed by atoms with Crippen molar-refractivity contribution in [3.05, 3.63) is 11.8 Å².